The van der Waals surface area contributed by atoms with Crippen molar-refractivity contribution >= 4 is 21.6 Å². The number of hydrogen-bond donors (Lipinski definition) is 2. The lowest BCUT2D eigenvalue weighted by Crippen LogP contribution is -2.57. The second kappa shape index (κ2) is 6.26. The van der Waals surface area contributed by atoms with Gasteiger partial charge in [-0.1, -0.05) is 0 Å². The lowest BCUT2D eigenvalue weighted by Gasteiger charge is -2.41. The molecule has 22 heavy (non-hydrogen) atoms. The van der Waals surface area contributed by atoms with Crippen LogP contribution >= 0.6 is 0 Å². The highest BCUT2D eigenvalue weighted by Crippen LogP contribution is 2.32. The molecule has 0 spiro atoms. The zero-order chi connectivity index (χ0) is 16.4. The average Bonchev–Trinajstić information content (AvgIpc) is 2.34. The molecule has 1 aliphatic carbocycles. The van der Waals surface area contributed by atoms with E-state index in [1.165, 1.54) is 12.3 Å². The third kappa shape index (κ3) is 3.78. The fourth-order valence-corrected chi connectivity index (χ4v) is 3.69. The van der Waals surface area contributed by atoms with Crippen molar-refractivity contribution in [2.45, 2.75) is 36.6 Å². The largest absolute Gasteiger partial charge is 0.382 e. The van der Waals surface area contributed by atoms with Gasteiger partial charge in [0.05, 0.1) is 17.0 Å². The lowest BCUT2D eigenvalue weighted by atomic mass is 9.77. The molecule has 0 atom stereocenters. The summed E-state index contributed by atoms with van der Waals surface area (Å²) in [7, 11) is -1.64. The zero-order valence-corrected chi connectivity index (χ0v) is 13.9. The first-order valence-electron chi connectivity index (χ1n) is 7.15. The predicted molar refractivity (Wildman–Crippen MR) is 84.9 cm³/mol. The van der Waals surface area contributed by atoms with Gasteiger partial charge in [-0.2, -0.15) is 0 Å². The molecule has 2 rings (SSSR count). The number of urea groups is 1. The highest BCUT2D eigenvalue weighted by molar-refractivity contribution is 7.90. The fourth-order valence-electron chi connectivity index (χ4n) is 2.73. The Hall–Kier alpha value is -1.60. The van der Waals surface area contributed by atoms with E-state index in [0.29, 0.717) is 17.9 Å². The molecule has 1 aromatic rings. The smallest absolute Gasteiger partial charge is 0.319 e. The van der Waals surface area contributed by atoms with Crippen molar-refractivity contribution in [1.82, 2.24) is 5.32 Å². The van der Waals surface area contributed by atoms with E-state index < -0.39 is 9.84 Å². The van der Waals surface area contributed by atoms with Crippen molar-refractivity contribution in [3.05, 3.63) is 23.8 Å². The molecule has 2 N–H and O–H groups in total. The van der Waals surface area contributed by atoms with Crippen LogP contribution in [0.25, 0.3) is 0 Å². The van der Waals surface area contributed by atoms with Crippen molar-refractivity contribution in [3.8, 4) is 0 Å². The third-order valence-electron chi connectivity index (χ3n) is 3.94. The van der Waals surface area contributed by atoms with E-state index in [9.17, 15) is 13.2 Å². The number of amides is 2. The first-order valence-corrected chi connectivity index (χ1v) is 9.04. The van der Waals surface area contributed by atoms with Crippen LogP contribution in [0.1, 0.15) is 24.8 Å². The summed E-state index contributed by atoms with van der Waals surface area (Å²) in [6.07, 6.45) is 4.05. The lowest BCUT2D eigenvalue weighted by molar-refractivity contribution is 0.0648. The number of hydrogen-bond acceptors (Lipinski definition) is 4. The highest BCUT2D eigenvalue weighted by Gasteiger charge is 2.38. The molecule has 0 saturated heterocycles. The summed E-state index contributed by atoms with van der Waals surface area (Å²) in [5, 5.41) is 5.69. The average molecular weight is 326 g/mol. The van der Waals surface area contributed by atoms with Crippen LogP contribution in [0, 0.1) is 6.92 Å². The molecule has 0 aliphatic heterocycles. The number of carbonyl (C=O) groups excluding carboxylic acids is 1. The van der Waals surface area contributed by atoms with Gasteiger partial charge in [0, 0.05) is 19.1 Å². The minimum atomic E-state index is -3.25. The van der Waals surface area contributed by atoms with Gasteiger partial charge in [-0.15, -0.1) is 0 Å². The van der Waals surface area contributed by atoms with Gasteiger partial charge in [-0.05, 0) is 49.9 Å². The Morgan fingerprint density at radius 2 is 2.05 bits per heavy atom. The van der Waals surface area contributed by atoms with E-state index >= 15 is 0 Å². The van der Waals surface area contributed by atoms with Crippen molar-refractivity contribution < 1.29 is 17.9 Å². The monoisotopic (exact) mass is 326 g/mol. The normalized spacial score (nSPS) is 16.7. The van der Waals surface area contributed by atoms with Gasteiger partial charge < -0.3 is 15.4 Å². The molecule has 0 unspecified atom stereocenters. The first-order chi connectivity index (χ1) is 10.3. The molecule has 0 heterocycles. The number of nitrogens with one attached hydrogen (secondary N) is 2. The van der Waals surface area contributed by atoms with Crippen molar-refractivity contribution in [1.29, 1.82) is 0 Å². The van der Waals surface area contributed by atoms with Crippen LogP contribution in [0.2, 0.25) is 0 Å². The number of ether oxygens (including phenoxy) is 1. The van der Waals surface area contributed by atoms with E-state index in [-0.39, 0.29) is 16.5 Å². The maximum Gasteiger partial charge on any atom is 0.319 e. The summed E-state index contributed by atoms with van der Waals surface area (Å²) in [5.41, 5.74) is 0.894. The minimum Gasteiger partial charge on any atom is -0.382 e. The molecule has 6 nitrogen and oxygen atoms in total. The Kier molecular flexibility index (Phi) is 4.77. The Morgan fingerprint density at radius 3 is 2.50 bits per heavy atom. The van der Waals surface area contributed by atoms with Crippen LogP contribution < -0.4 is 10.6 Å². The first kappa shape index (κ1) is 16.8. The minimum absolute atomic E-state index is 0.272. The standard InChI is InChI=1S/C15H22N2O4S/c1-11-9-12(5-6-13(11)22(3,19)20)16-14(18)17-15(10-21-2)7-4-8-15/h5-6,9H,4,7-8,10H2,1-3H3,(H2,16,17,18). The molecule has 2 amide bonds. The summed E-state index contributed by atoms with van der Waals surface area (Å²) >= 11 is 0. The number of methoxy groups -OCH3 is 1. The maximum atomic E-state index is 12.1. The molecule has 1 saturated carbocycles. The molecule has 1 aliphatic rings. The quantitative estimate of drug-likeness (QED) is 0.868. The molecule has 0 bridgehead atoms. The third-order valence-corrected chi connectivity index (χ3v) is 5.20. The fraction of sp³-hybridized carbons (Fsp3) is 0.533. The number of rotatable bonds is 5. The van der Waals surface area contributed by atoms with E-state index in [1.807, 2.05) is 0 Å². The van der Waals surface area contributed by atoms with Crippen LogP contribution in [-0.4, -0.2) is 40.0 Å². The Balaban J connectivity index is 2.05. The molecular weight excluding hydrogens is 304 g/mol. The van der Waals surface area contributed by atoms with Crippen LogP contribution in [-0.2, 0) is 14.6 Å². The molecular formula is C15H22N2O4S. The molecule has 0 aromatic heterocycles. The Labute approximate surface area is 131 Å². The van der Waals surface area contributed by atoms with Gasteiger partial charge in [0.2, 0.25) is 0 Å². The molecule has 1 fully saturated rings. The molecule has 7 heteroatoms. The van der Waals surface area contributed by atoms with Gasteiger partial charge in [0.25, 0.3) is 0 Å². The summed E-state index contributed by atoms with van der Waals surface area (Å²) in [6.45, 7) is 2.20. The molecule has 122 valence electrons. The van der Waals surface area contributed by atoms with Gasteiger partial charge >= 0.3 is 6.03 Å². The van der Waals surface area contributed by atoms with Gasteiger partial charge in [-0.3, -0.25) is 0 Å². The Bertz CT molecular complexity index is 666. The van der Waals surface area contributed by atoms with E-state index in [0.717, 1.165) is 19.3 Å². The van der Waals surface area contributed by atoms with Crippen LogP contribution in [0.4, 0.5) is 10.5 Å². The Morgan fingerprint density at radius 1 is 1.36 bits per heavy atom. The summed E-state index contributed by atoms with van der Waals surface area (Å²) < 4.78 is 28.3. The van der Waals surface area contributed by atoms with Gasteiger partial charge in [-0.25, -0.2) is 13.2 Å². The summed E-state index contributed by atoms with van der Waals surface area (Å²) in [6, 6.07) is 4.45. The van der Waals surface area contributed by atoms with Crippen molar-refractivity contribution in [2.75, 3.05) is 25.3 Å². The van der Waals surface area contributed by atoms with Crippen LogP contribution in [0.15, 0.2) is 23.1 Å². The number of anilines is 1. The van der Waals surface area contributed by atoms with Crippen molar-refractivity contribution in [3.63, 3.8) is 0 Å². The highest BCUT2D eigenvalue weighted by atomic mass is 32.2. The van der Waals surface area contributed by atoms with E-state index in [1.54, 1.807) is 26.2 Å². The second-order valence-electron chi connectivity index (χ2n) is 5.90. The maximum absolute atomic E-state index is 12.1. The van der Waals surface area contributed by atoms with Crippen LogP contribution in [0.3, 0.4) is 0 Å². The van der Waals surface area contributed by atoms with Crippen molar-refractivity contribution in [2.24, 2.45) is 0 Å². The second-order valence-corrected chi connectivity index (χ2v) is 7.88. The molecule has 1 aromatic carbocycles. The molecule has 0 radical (unpaired) electrons. The van der Waals surface area contributed by atoms with E-state index in [2.05, 4.69) is 10.6 Å². The summed E-state index contributed by atoms with van der Waals surface area (Å²) in [4.78, 5) is 12.4. The van der Waals surface area contributed by atoms with Gasteiger partial charge in [0.15, 0.2) is 9.84 Å². The zero-order valence-electron chi connectivity index (χ0n) is 13.1. The number of carbonyl (C=O) groups is 1. The number of aryl methyl sites for hydroxylation is 1. The van der Waals surface area contributed by atoms with Gasteiger partial charge in [0.1, 0.15) is 0 Å². The number of sulfone groups is 1. The summed E-state index contributed by atoms with van der Waals surface area (Å²) in [5.74, 6) is 0. The predicted octanol–water partition coefficient (Wildman–Crippen LogP) is 2.09. The van der Waals surface area contributed by atoms with E-state index in [4.69, 9.17) is 4.74 Å². The van der Waals surface area contributed by atoms with Crippen LogP contribution in [0.5, 0.6) is 0 Å². The topological polar surface area (TPSA) is 84.5 Å². The number of benzene rings is 1. The SMILES string of the molecule is COCC1(NC(=O)Nc2ccc(S(C)(=O)=O)c(C)c2)CCC1.